The highest BCUT2D eigenvalue weighted by atomic mass is 32.2. The topological polar surface area (TPSA) is 81.0 Å². The Hall–Kier alpha value is -1.67. The molecule has 2 aromatic rings. The van der Waals surface area contributed by atoms with Crippen LogP contribution in [0.15, 0.2) is 28.0 Å². The van der Waals surface area contributed by atoms with Crippen LogP contribution in [0.2, 0.25) is 0 Å². The average molecular weight is 296 g/mol. The van der Waals surface area contributed by atoms with Crippen LogP contribution < -0.4 is 5.32 Å². The molecule has 0 unspecified atom stereocenters. The molecule has 0 radical (unpaired) electrons. The summed E-state index contributed by atoms with van der Waals surface area (Å²) in [5, 5.41) is 21.8. The van der Waals surface area contributed by atoms with Crippen molar-refractivity contribution < 1.29 is 4.92 Å². The third-order valence-corrected chi connectivity index (χ3v) is 4.28. The van der Waals surface area contributed by atoms with Gasteiger partial charge in [-0.25, -0.2) is 0 Å². The van der Waals surface area contributed by atoms with Gasteiger partial charge in [0.2, 0.25) is 0 Å². The first kappa shape index (κ1) is 13.8. The maximum atomic E-state index is 11.0. The van der Waals surface area contributed by atoms with Gasteiger partial charge in [0, 0.05) is 18.4 Å². The number of nitrogens with one attached hydrogen (secondary N) is 1. The molecule has 1 N–H and O–H groups in total. The first-order chi connectivity index (χ1) is 9.22. The number of thioether (sulfide) groups is 1. The second-order valence-corrected chi connectivity index (χ2v) is 5.65. The number of aromatic nitrogens is 2. The van der Waals surface area contributed by atoms with Crippen LogP contribution in [-0.4, -0.2) is 21.7 Å². The minimum atomic E-state index is -0.364. The second-order valence-electron chi connectivity index (χ2n) is 3.59. The molecule has 0 saturated carbocycles. The number of rotatable bonds is 6. The van der Waals surface area contributed by atoms with E-state index >= 15 is 0 Å². The SMILES string of the molecule is CCNc1c(CSc2nncs2)cccc1[N+](=O)[O-]. The molecule has 0 aliphatic rings. The normalized spacial score (nSPS) is 10.4. The summed E-state index contributed by atoms with van der Waals surface area (Å²) < 4.78 is 0.856. The lowest BCUT2D eigenvalue weighted by Gasteiger charge is -2.10. The van der Waals surface area contributed by atoms with Crippen molar-refractivity contribution in [3.05, 3.63) is 39.4 Å². The predicted octanol–water partition coefficient (Wildman–Crippen LogP) is 3.17. The van der Waals surface area contributed by atoms with Crippen LogP contribution in [0.4, 0.5) is 11.4 Å². The molecule has 0 fully saturated rings. The van der Waals surface area contributed by atoms with Gasteiger partial charge in [-0.2, -0.15) is 0 Å². The molecule has 0 saturated heterocycles. The van der Waals surface area contributed by atoms with Crippen LogP contribution in [0, 0.1) is 10.1 Å². The van der Waals surface area contributed by atoms with Gasteiger partial charge in [0.25, 0.3) is 5.69 Å². The van der Waals surface area contributed by atoms with Crippen molar-refractivity contribution in [1.82, 2.24) is 10.2 Å². The molecule has 1 heterocycles. The van der Waals surface area contributed by atoms with Crippen LogP contribution in [-0.2, 0) is 5.75 Å². The highest BCUT2D eigenvalue weighted by Crippen LogP contribution is 2.33. The highest BCUT2D eigenvalue weighted by molar-refractivity contribution is 8.00. The van der Waals surface area contributed by atoms with E-state index in [2.05, 4.69) is 15.5 Å². The summed E-state index contributed by atoms with van der Waals surface area (Å²) >= 11 is 2.98. The van der Waals surface area contributed by atoms with Gasteiger partial charge in [-0.1, -0.05) is 35.2 Å². The van der Waals surface area contributed by atoms with Crippen molar-refractivity contribution in [3.8, 4) is 0 Å². The van der Waals surface area contributed by atoms with Gasteiger partial charge in [-0.15, -0.1) is 10.2 Å². The fourth-order valence-electron chi connectivity index (χ4n) is 1.61. The molecule has 6 nitrogen and oxygen atoms in total. The summed E-state index contributed by atoms with van der Waals surface area (Å²) in [5.74, 6) is 0.624. The fourth-order valence-corrected chi connectivity index (χ4v) is 3.09. The maximum absolute atomic E-state index is 11.0. The molecule has 100 valence electrons. The molecule has 8 heteroatoms. The van der Waals surface area contributed by atoms with Crippen LogP contribution in [0.5, 0.6) is 0 Å². The summed E-state index contributed by atoms with van der Waals surface area (Å²) in [4.78, 5) is 10.7. The molecule has 0 aliphatic carbocycles. The van der Waals surface area contributed by atoms with Crippen molar-refractivity contribution in [2.45, 2.75) is 17.0 Å². The van der Waals surface area contributed by atoms with E-state index in [1.54, 1.807) is 11.6 Å². The Kier molecular flexibility index (Phi) is 4.69. The van der Waals surface area contributed by atoms with Gasteiger partial charge in [-0.3, -0.25) is 10.1 Å². The first-order valence-electron chi connectivity index (χ1n) is 5.61. The molecule has 0 bridgehead atoms. The Morgan fingerprint density at radius 2 is 2.37 bits per heavy atom. The third kappa shape index (κ3) is 3.42. The number of nitro groups is 1. The lowest BCUT2D eigenvalue weighted by Crippen LogP contribution is -2.04. The first-order valence-corrected chi connectivity index (χ1v) is 7.48. The number of para-hydroxylation sites is 1. The van der Waals surface area contributed by atoms with Crippen LogP contribution in [0.1, 0.15) is 12.5 Å². The van der Waals surface area contributed by atoms with Crippen molar-refractivity contribution in [1.29, 1.82) is 0 Å². The Morgan fingerprint density at radius 1 is 1.53 bits per heavy atom. The Bertz CT molecular complexity index is 560. The smallest absolute Gasteiger partial charge is 0.292 e. The molecular weight excluding hydrogens is 284 g/mol. The summed E-state index contributed by atoms with van der Waals surface area (Å²) in [5.41, 5.74) is 3.27. The van der Waals surface area contributed by atoms with E-state index in [4.69, 9.17) is 0 Å². The molecule has 0 aliphatic heterocycles. The van der Waals surface area contributed by atoms with Crippen molar-refractivity contribution in [3.63, 3.8) is 0 Å². The standard InChI is InChI=1S/C11H12N4O2S2/c1-2-12-10-8(4-3-5-9(10)15(16)17)6-18-11-14-13-7-19-11/h3-5,7,12H,2,6H2,1H3. The van der Waals surface area contributed by atoms with E-state index in [9.17, 15) is 10.1 Å². The predicted molar refractivity (Wildman–Crippen MR) is 76.7 cm³/mol. The van der Waals surface area contributed by atoms with Crippen molar-refractivity contribution >= 4 is 34.5 Å². The van der Waals surface area contributed by atoms with Crippen molar-refractivity contribution in [2.24, 2.45) is 0 Å². The summed E-state index contributed by atoms with van der Waals surface area (Å²) in [6.07, 6.45) is 0. The largest absolute Gasteiger partial charge is 0.380 e. The Balaban J connectivity index is 2.23. The molecule has 1 aromatic carbocycles. The van der Waals surface area contributed by atoms with E-state index < -0.39 is 0 Å². The van der Waals surface area contributed by atoms with E-state index in [1.807, 2.05) is 13.0 Å². The van der Waals surface area contributed by atoms with Gasteiger partial charge in [-0.05, 0) is 12.5 Å². The lowest BCUT2D eigenvalue weighted by atomic mass is 10.1. The molecule has 0 spiro atoms. The van der Waals surface area contributed by atoms with Crippen LogP contribution in [0.25, 0.3) is 0 Å². The average Bonchev–Trinajstić information content (AvgIpc) is 2.90. The van der Waals surface area contributed by atoms with E-state index in [1.165, 1.54) is 29.2 Å². The number of benzene rings is 1. The Labute approximate surface area is 118 Å². The zero-order chi connectivity index (χ0) is 13.7. The van der Waals surface area contributed by atoms with E-state index in [0.29, 0.717) is 18.0 Å². The van der Waals surface area contributed by atoms with Crippen LogP contribution in [0.3, 0.4) is 0 Å². The quantitative estimate of drug-likeness (QED) is 0.501. The number of hydrogen-bond acceptors (Lipinski definition) is 7. The zero-order valence-electron chi connectivity index (χ0n) is 10.2. The fraction of sp³-hybridized carbons (Fsp3) is 0.273. The maximum Gasteiger partial charge on any atom is 0.292 e. The van der Waals surface area contributed by atoms with Gasteiger partial charge in [0.05, 0.1) is 4.92 Å². The number of nitro benzene ring substituents is 1. The van der Waals surface area contributed by atoms with Crippen LogP contribution >= 0.6 is 23.1 Å². The third-order valence-electron chi connectivity index (χ3n) is 2.37. The van der Waals surface area contributed by atoms with Gasteiger partial charge in [0.1, 0.15) is 11.2 Å². The second kappa shape index (κ2) is 6.48. The van der Waals surface area contributed by atoms with Gasteiger partial charge in [0.15, 0.2) is 4.34 Å². The van der Waals surface area contributed by atoms with Gasteiger partial charge >= 0.3 is 0 Å². The molecule has 0 amide bonds. The molecule has 1 aromatic heterocycles. The molecular formula is C11H12N4O2S2. The Morgan fingerprint density at radius 3 is 3.00 bits per heavy atom. The molecule has 0 atom stereocenters. The summed E-state index contributed by atoms with van der Waals surface area (Å²) in [6.45, 7) is 2.56. The monoisotopic (exact) mass is 296 g/mol. The number of anilines is 1. The highest BCUT2D eigenvalue weighted by Gasteiger charge is 2.16. The molecule has 19 heavy (non-hydrogen) atoms. The van der Waals surface area contributed by atoms with Gasteiger partial charge < -0.3 is 5.32 Å². The zero-order valence-corrected chi connectivity index (χ0v) is 11.8. The lowest BCUT2D eigenvalue weighted by molar-refractivity contribution is -0.384. The summed E-state index contributed by atoms with van der Waals surface area (Å²) in [7, 11) is 0. The summed E-state index contributed by atoms with van der Waals surface area (Å²) in [6, 6.07) is 5.10. The molecule has 2 rings (SSSR count). The number of nitrogens with zero attached hydrogens (tertiary/aromatic N) is 3. The van der Waals surface area contributed by atoms with E-state index in [0.717, 1.165) is 9.90 Å². The van der Waals surface area contributed by atoms with Crippen molar-refractivity contribution in [2.75, 3.05) is 11.9 Å². The minimum Gasteiger partial charge on any atom is -0.380 e. The van der Waals surface area contributed by atoms with E-state index in [-0.39, 0.29) is 10.6 Å². The minimum absolute atomic E-state index is 0.109. The number of hydrogen-bond donors (Lipinski definition) is 1.